The molecule has 0 spiro atoms. The van der Waals surface area contributed by atoms with Gasteiger partial charge in [0, 0.05) is 18.8 Å². The lowest BCUT2D eigenvalue weighted by Crippen LogP contribution is -2.44. The van der Waals surface area contributed by atoms with Gasteiger partial charge < -0.3 is 0 Å². The van der Waals surface area contributed by atoms with Gasteiger partial charge in [0.2, 0.25) is 0 Å². The second-order valence-electron chi connectivity index (χ2n) is 4.91. The minimum Gasteiger partial charge on any atom is -0.268 e. The number of nitrogens with zero attached hydrogens (tertiary/aromatic N) is 2. The Morgan fingerprint density at radius 1 is 1.47 bits per heavy atom. The molecule has 1 aliphatic rings. The third kappa shape index (κ3) is 3.38. The Kier molecular flexibility index (Phi) is 4.32. The van der Waals surface area contributed by atoms with Crippen molar-refractivity contribution in [1.82, 2.24) is 9.29 Å². The highest BCUT2D eigenvalue weighted by molar-refractivity contribution is 7.90. The highest BCUT2D eigenvalue weighted by atomic mass is 35.5. The van der Waals surface area contributed by atoms with Crippen LogP contribution in [0.2, 0.25) is 5.15 Å². The predicted molar refractivity (Wildman–Crippen MR) is 76.5 cm³/mol. The lowest BCUT2D eigenvalue weighted by molar-refractivity contribution is 0.270. The van der Waals surface area contributed by atoms with Crippen LogP contribution >= 0.6 is 11.6 Å². The maximum atomic E-state index is 12.4. The summed E-state index contributed by atoms with van der Waals surface area (Å²) in [4.78, 5) is 3.95. The number of halogens is 1. The molecule has 1 N–H and O–H groups in total. The predicted octanol–water partition coefficient (Wildman–Crippen LogP) is 2.57. The van der Waals surface area contributed by atoms with Crippen LogP contribution in [0.4, 0.5) is 5.69 Å². The highest BCUT2D eigenvalue weighted by Crippen LogP contribution is 2.25. The molecule has 0 radical (unpaired) electrons. The monoisotopic (exact) mass is 303 g/mol. The first-order valence-electron chi connectivity index (χ1n) is 6.32. The van der Waals surface area contributed by atoms with E-state index < -0.39 is 10.2 Å². The van der Waals surface area contributed by atoms with Gasteiger partial charge in [-0.1, -0.05) is 18.0 Å². The van der Waals surface area contributed by atoms with Crippen molar-refractivity contribution in [2.24, 2.45) is 0 Å². The number of hydrogen-bond acceptors (Lipinski definition) is 3. The largest absolute Gasteiger partial charge is 0.301 e. The fraction of sp³-hybridized carbons (Fsp3) is 0.583. The van der Waals surface area contributed by atoms with E-state index >= 15 is 0 Å². The van der Waals surface area contributed by atoms with Crippen molar-refractivity contribution in [3.8, 4) is 0 Å². The van der Waals surface area contributed by atoms with Gasteiger partial charge >= 0.3 is 10.2 Å². The summed E-state index contributed by atoms with van der Waals surface area (Å²) in [5.74, 6) is 0. The zero-order chi connectivity index (χ0) is 14.0. The quantitative estimate of drug-likeness (QED) is 0.873. The summed E-state index contributed by atoms with van der Waals surface area (Å²) in [6.07, 6.45) is 4.45. The minimum absolute atomic E-state index is 0.0165. The first-order chi connectivity index (χ1) is 8.90. The molecular formula is C12H18ClN3O2S. The Hall–Kier alpha value is -0.850. The van der Waals surface area contributed by atoms with Gasteiger partial charge in [-0.05, 0) is 38.3 Å². The zero-order valence-corrected chi connectivity index (χ0v) is 12.6. The molecule has 1 aromatic rings. The first kappa shape index (κ1) is 14.6. The van der Waals surface area contributed by atoms with E-state index in [1.54, 1.807) is 12.3 Å². The Labute approximate surface area is 119 Å². The van der Waals surface area contributed by atoms with Crippen molar-refractivity contribution in [1.29, 1.82) is 0 Å². The van der Waals surface area contributed by atoms with E-state index in [-0.39, 0.29) is 11.2 Å². The van der Waals surface area contributed by atoms with E-state index in [9.17, 15) is 8.42 Å². The molecule has 5 nitrogen and oxygen atoms in total. The summed E-state index contributed by atoms with van der Waals surface area (Å²) in [5, 5.41) is 0.166. The number of piperidine rings is 1. The minimum atomic E-state index is -3.57. The average Bonchev–Trinajstić information content (AvgIpc) is 2.34. The molecule has 19 heavy (non-hydrogen) atoms. The van der Waals surface area contributed by atoms with Gasteiger partial charge in [0.15, 0.2) is 5.15 Å². The lowest BCUT2D eigenvalue weighted by Gasteiger charge is -2.32. The van der Waals surface area contributed by atoms with E-state index in [1.807, 2.05) is 13.8 Å². The van der Waals surface area contributed by atoms with E-state index in [0.717, 1.165) is 24.8 Å². The van der Waals surface area contributed by atoms with Crippen LogP contribution in [0.1, 0.15) is 31.7 Å². The van der Waals surface area contributed by atoms with Crippen LogP contribution < -0.4 is 4.72 Å². The van der Waals surface area contributed by atoms with Crippen LogP contribution in [0, 0.1) is 6.92 Å². The van der Waals surface area contributed by atoms with E-state index in [2.05, 4.69) is 9.71 Å². The van der Waals surface area contributed by atoms with Gasteiger partial charge in [0.1, 0.15) is 0 Å². The molecule has 1 saturated heterocycles. The van der Waals surface area contributed by atoms with E-state index in [0.29, 0.717) is 12.2 Å². The van der Waals surface area contributed by atoms with Gasteiger partial charge in [-0.3, -0.25) is 4.72 Å². The van der Waals surface area contributed by atoms with E-state index in [1.165, 1.54) is 4.31 Å². The lowest BCUT2D eigenvalue weighted by atomic mass is 10.1. The molecule has 1 aromatic heterocycles. The molecule has 1 atom stereocenters. The van der Waals surface area contributed by atoms with Gasteiger partial charge in [-0.25, -0.2) is 4.98 Å². The van der Waals surface area contributed by atoms with Crippen LogP contribution in [-0.4, -0.2) is 30.3 Å². The van der Waals surface area contributed by atoms with Crippen LogP contribution in [0.15, 0.2) is 12.3 Å². The van der Waals surface area contributed by atoms with Crippen molar-refractivity contribution in [2.45, 2.75) is 39.2 Å². The standard InChI is InChI=1S/C12H18ClN3O2S/c1-9-7-11(12(13)14-8-9)15-19(17,18)16-6-4-3-5-10(16)2/h7-8,10,15H,3-6H2,1-2H3. The number of pyridine rings is 1. The molecule has 0 saturated carbocycles. The summed E-state index contributed by atoms with van der Waals surface area (Å²) in [6, 6.07) is 1.70. The topological polar surface area (TPSA) is 62.3 Å². The SMILES string of the molecule is Cc1cnc(Cl)c(NS(=O)(=O)N2CCCCC2C)c1. The summed E-state index contributed by atoms with van der Waals surface area (Å²) >= 11 is 5.92. The molecule has 7 heteroatoms. The Balaban J connectivity index is 2.23. The van der Waals surface area contributed by atoms with Crippen LogP contribution in [-0.2, 0) is 10.2 Å². The fourth-order valence-electron chi connectivity index (χ4n) is 2.25. The van der Waals surface area contributed by atoms with Crippen molar-refractivity contribution in [2.75, 3.05) is 11.3 Å². The summed E-state index contributed by atoms with van der Waals surface area (Å²) in [6.45, 7) is 4.31. The molecule has 0 aliphatic carbocycles. The van der Waals surface area contributed by atoms with Crippen LogP contribution in [0.3, 0.4) is 0 Å². The maximum absolute atomic E-state index is 12.4. The second kappa shape index (κ2) is 5.64. The first-order valence-corrected chi connectivity index (χ1v) is 8.13. The number of aryl methyl sites for hydroxylation is 1. The average molecular weight is 304 g/mol. The highest BCUT2D eigenvalue weighted by Gasteiger charge is 2.29. The Morgan fingerprint density at radius 3 is 2.89 bits per heavy atom. The van der Waals surface area contributed by atoms with Crippen molar-refractivity contribution >= 4 is 27.5 Å². The van der Waals surface area contributed by atoms with Gasteiger partial charge in [-0.2, -0.15) is 12.7 Å². The smallest absolute Gasteiger partial charge is 0.268 e. The number of aromatic nitrogens is 1. The summed E-state index contributed by atoms with van der Waals surface area (Å²) in [5.41, 5.74) is 1.19. The zero-order valence-electron chi connectivity index (χ0n) is 11.1. The molecule has 0 amide bonds. The third-order valence-electron chi connectivity index (χ3n) is 3.27. The van der Waals surface area contributed by atoms with Crippen molar-refractivity contribution < 1.29 is 8.42 Å². The van der Waals surface area contributed by atoms with E-state index in [4.69, 9.17) is 11.6 Å². The van der Waals surface area contributed by atoms with Crippen LogP contribution in [0.5, 0.6) is 0 Å². The summed E-state index contributed by atoms with van der Waals surface area (Å²) in [7, 11) is -3.57. The van der Waals surface area contributed by atoms with Gasteiger partial charge in [0.25, 0.3) is 0 Å². The molecule has 106 valence electrons. The number of anilines is 1. The summed E-state index contributed by atoms with van der Waals surface area (Å²) < 4.78 is 28.7. The molecular weight excluding hydrogens is 286 g/mol. The Bertz CT molecular complexity index is 562. The van der Waals surface area contributed by atoms with Gasteiger partial charge in [0.05, 0.1) is 5.69 Å². The van der Waals surface area contributed by atoms with Gasteiger partial charge in [-0.15, -0.1) is 0 Å². The molecule has 1 fully saturated rings. The maximum Gasteiger partial charge on any atom is 0.301 e. The number of rotatable bonds is 3. The van der Waals surface area contributed by atoms with Crippen LogP contribution in [0.25, 0.3) is 0 Å². The molecule has 0 aromatic carbocycles. The molecule has 2 heterocycles. The second-order valence-corrected chi connectivity index (χ2v) is 6.89. The fourth-order valence-corrected chi connectivity index (χ4v) is 3.96. The Morgan fingerprint density at radius 2 is 2.21 bits per heavy atom. The third-order valence-corrected chi connectivity index (χ3v) is 5.20. The molecule has 1 aliphatic heterocycles. The number of hydrogen-bond donors (Lipinski definition) is 1. The van der Waals surface area contributed by atoms with Crippen molar-refractivity contribution in [3.05, 3.63) is 23.0 Å². The molecule has 0 bridgehead atoms. The van der Waals surface area contributed by atoms with Crippen molar-refractivity contribution in [3.63, 3.8) is 0 Å². The normalized spacial score (nSPS) is 21.3. The molecule has 2 rings (SSSR count). The molecule has 1 unspecified atom stereocenters. The number of nitrogens with one attached hydrogen (secondary N) is 1.